The van der Waals surface area contributed by atoms with Crippen LogP contribution < -0.4 is 5.32 Å². The number of amides is 1. The van der Waals surface area contributed by atoms with E-state index in [1.165, 1.54) is 0 Å². The average molecular weight is 494 g/mol. The van der Waals surface area contributed by atoms with E-state index >= 15 is 0 Å². The number of aromatic nitrogens is 3. The maximum atomic E-state index is 12.8. The first kappa shape index (κ1) is 21.4. The van der Waals surface area contributed by atoms with Gasteiger partial charge in [0.05, 0.1) is 0 Å². The van der Waals surface area contributed by atoms with E-state index in [4.69, 9.17) is 11.6 Å². The fraction of sp³-hybridized carbons (Fsp3) is 0.150. The van der Waals surface area contributed by atoms with Gasteiger partial charge in [0.25, 0.3) is 0 Å². The number of nitrogens with one attached hydrogen (secondary N) is 1. The third-order valence-electron chi connectivity index (χ3n) is 3.95. The molecule has 2 aromatic carbocycles. The summed E-state index contributed by atoms with van der Waals surface area (Å²) in [6.07, 6.45) is 2.21. The molecular formula is C20H18BrClN4O2S. The summed E-state index contributed by atoms with van der Waals surface area (Å²) in [4.78, 5) is 12.3. The molecule has 1 heterocycles. The van der Waals surface area contributed by atoms with Crippen molar-refractivity contribution >= 4 is 49.9 Å². The third kappa shape index (κ3) is 5.85. The second-order valence-electron chi connectivity index (χ2n) is 6.15. The Morgan fingerprint density at radius 2 is 2.00 bits per heavy atom. The van der Waals surface area contributed by atoms with Crippen molar-refractivity contribution in [1.82, 2.24) is 14.8 Å². The molecule has 1 atom stereocenters. The number of carbonyl (C=O) groups excluding carboxylic acids is 1. The standard InChI is InChI=1S/C20H18BrClN4O2S/c1-2-10-26-18(11-14-6-8-15(21)9-7-14)24-25-20(26)29(28)13-19(27)23-17-5-3-4-16(22)12-17/h2-9,12H,1,10-11,13H2,(H,23,27). The molecule has 0 radical (unpaired) electrons. The fourth-order valence-corrected chi connectivity index (χ4v) is 4.11. The lowest BCUT2D eigenvalue weighted by Gasteiger charge is -2.09. The normalized spacial score (nSPS) is 11.8. The van der Waals surface area contributed by atoms with E-state index in [9.17, 15) is 9.00 Å². The van der Waals surface area contributed by atoms with E-state index in [1.54, 1.807) is 34.9 Å². The number of halogens is 2. The summed E-state index contributed by atoms with van der Waals surface area (Å²) in [6, 6.07) is 14.6. The molecule has 0 fully saturated rings. The lowest BCUT2D eigenvalue weighted by Crippen LogP contribution is -2.21. The molecular weight excluding hydrogens is 476 g/mol. The van der Waals surface area contributed by atoms with E-state index in [1.807, 2.05) is 24.3 Å². The molecule has 3 rings (SSSR count). The lowest BCUT2D eigenvalue weighted by molar-refractivity contribution is -0.113. The van der Waals surface area contributed by atoms with Crippen molar-refractivity contribution in [3.8, 4) is 0 Å². The van der Waals surface area contributed by atoms with Crippen molar-refractivity contribution in [3.05, 3.63) is 82.1 Å². The van der Waals surface area contributed by atoms with Crippen LogP contribution in [0.5, 0.6) is 0 Å². The molecule has 0 aliphatic carbocycles. The lowest BCUT2D eigenvalue weighted by atomic mass is 10.1. The first-order valence-electron chi connectivity index (χ1n) is 8.67. The van der Waals surface area contributed by atoms with Crippen molar-refractivity contribution in [2.45, 2.75) is 18.1 Å². The number of allylic oxidation sites excluding steroid dienone is 1. The second kappa shape index (κ2) is 9.96. The molecule has 150 valence electrons. The van der Waals surface area contributed by atoms with Crippen LogP contribution in [-0.4, -0.2) is 30.6 Å². The van der Waals surface area contributed by atoms with Crippen molar-refractivity contribution < 1.29 is 9.00 Å². The summed E-state index contributed by atoms with van der Waals surface area (Å²) in [7, 11) is -1.66. The van der Waals surface area contributed by atoms with Crippen LogP contribution in [-0.2, 0) is 28.6 Å². The molecule has 0 aliphatic heterocycles. The molecule has 1 unspecified atom stereocenters. The van der Waals surface area contributed by atoms with Crippen molar-refractivity contribution in [1.29, 1.82) is 0 Å². The second-order valence-corrected chi connectivity index (χ2v) is 8.85. The molecule has 1 amide bonds. The van der Waals surface area contributed by atoms with Crippen LogP contribution in [0.15, 0.2) is 70.8 Å². The summed E-state index contributed by atoms with van der Waals surface area (Å²) in [5.41, 5.74) is 1.59. The zero-order valence-electron chi connectivity index (χ0n) is 15.3. The molecule has 29 heavy (non-hydrogen) atoms. The Bertz CT molecular complexity index is 1050. The van der Waals surface area contributed by atoms with Crippen molar-refractivity contribution in [2.24, 2.45) is 0 Å². The topological polar surface area (TPSA) is 76.9 Å². The van der Waals surface area contributed by atoms with Crippen LogP contribution in [0.2, 0.25) is 5.02 Å². The number of nitrogens with zero attached hydrogens (tertiary/aromatic N) is 3. The Morgan fingerprint density at radius 1 is 1.24 bits per heavy atom. The molecule has 6 nitrogen and oxygen atoms in total. The molecule has 1 aromatic heterocycles. The SMILES string of the molecule is C=CCn1c(Cc2ccc(Br)cc2)nnc1S(=O)CC(=O)Nc1cccc(Cl)c1. The number of hydrogen-bond acceptors (Lipinski definition) is 4. The van der Waals surface area contributed by atoms with Crippen molar-refractivity contribution in [3.63, 3.8) is 0 Å². The highest BCUT2D eigenvalue weighted by Gasteiger charge is 2.20. The van der Waals surface area contributed by atoms with Gasteiger partial charge >= 0.3 is 0 Å². The summed E-state index contributed by atoms with van der Waals surface area (Å²) in [6.45, 7) is 4.15. The Morgan fingerprint density at radius 3 is 2.69 bits per heavy atom. The summed E-state index contributed by atoms with van der Waals surface area (Å²) >= 11 is 9.33. The maximum Gasteiger partial charge on any atom is 0.237 e. The molecule has 0 aliphatic rings. The van der Waals surface area contributed by atoms with Gasteiger partial charge in [0, 0.05) is 28.1 Å². The van der Waals surface area contributed by atoms with Gasteiger partial charge in [-0.15, -0.1) is 16.8 Å². The van der Waals surface area contributed by atoms with Crippen LogP contribution in [0.25, 0.3) is 0 Å². The minimum Gasteiger partial charge on any atom is -0.325 e. The van der Waals surface area contributed by atoms with Gasteiger partial charge in [0.2, 0.25) is 11.1 Å². The quantitative estimate of drug-likeness (QED) is 0.477. The van der Waals surface area contributed by atoms with Crippen molar-refractivity contribution in [2.75, 3.05) is 11.1 Å². The minimum absolute atomic E-state index is 0.236. The minimum atomic E-state index is -1.66. The predicted octanol–water partition coefficient (Wildman–Crippen LogP) is 4.22. The smallest absolute Gasteiger partial charge is 0.237 e. The molecule has 0 spiro atoms. The van der Waals surface area contributed by atoms with Gasteiger partial charge in [-0.05, 0) is 35.9 Å². The van der Waals surface area contributed by atoms with Crippen LogP contribution in [0.3, 0.4) is 0 Å². The Labute approximate surface area is 184 Å². The van der Waals surface area contributed by atoms with Gasteiger partial charge in [0.1, 0.15) is 22.4 Å². The average Bonchev–Trinajstić information content (AvgIpc) is 3.06. The van der Waals surface area contributed by atoms with Gasteiger partial charge < -0.3 is 5.32 Å². The largest absolute Gasteiger partial charge is 0.325 e. The highest BCUT2D eigenvalue weighted by molar-refractivity contribution is 9.10. The highest BCUT2D eigenvalue weighted by atomic mass is 79.9. The summed E-state index contributed by atoms with van der Waals surface area (Å²) in [5, 5.41) is 11.7. The molecule has 9 heteroatoms. The van der Waals surface area contributed by atoms with Crippen LogP contribution in [0.4, 0.5) is 5.69 Å². The monoisotopic (exact) mass is 492 g/mol. The van der Waals surface area contributed by atoms with Gasteiger partial charge in [-0.2, -0.15) is 0 Å². The fourth-order valence-electron chi connectivity index (χ4n) is 2.66. The van der Waals surface area contributed by atoms with Gasteiger partial charge in [-0.1, -0.05) is 51.8 Å². The molecule has 3 aromatic rings. The van der Waals surface area contributed by atoms with Gasteiger partial charge in [-0.25, -0.2) is 0 Å². The zero-order chi connectivity index (χ0) is 20.8. The summed E-state index contributed by atoms with van der Waals surface area (Å²) < 4.78 is 15.5. The predicted molar refractivity (Wildman–Crippen MR) is 119 cm³/mol. The van der Waals surface area contributed by atoms with E-state index in [0.717, 1.165) is 10.0 Å². The van der Waals surface area contributed by atoms with E-state index in [2.05, 4.69) is 38.0 Å². The first-order valence-corrected chi connectivity index (χ1v) is 11.2. The Balaban J connectivity index is 1.74. The Kier molecular flexibility index (Phi) is 7.35. The first-order chi connectivity index (χ1) is 14.0. The highest BCUT2D eigenvalue weighted by Crippen LogP contribution is 2.17. The molecule has 1 N–H and O–H groups in total. The number of hydrogen-bond donors (Lipinski definition) is 1. The molecule has 0 saturated carbocycles. The Hall–Kier alpha value is -2.29. The number of rotatable bonds is 8. The molecule has 0 saturated heterocycles. The van der Waals surface area contributed by atoms with Gasteiger partial charge in [-0.3, -0.25) is 13.6 Å². The third-order valence-corrected chi connectivity index (χ3v) is 5.95. The number of carbonyl (C=O) groups is 1. The number of anilines is 1. The number of benzene rings is 2. The zero-order valence-corrected chi connectivity index (χ0v) is 18.5. The maximum absolute atomic E-state index is 12.8. The molecule has 0 bridgehead atoms. The van der Waals surface area contributed by atoms with Crippen LogP contribution in [0, 0.1) is 0 Å². The van der Waals surface area contributed by atoms with E-state index in [0.29, 0.717) is 29.5 Å². The summed E-state index contributed by atoms with van der Waals surface area (Å²) in [5.74, 6) is 0.0270. The van der Waals surface area contributed by atoms with E-state index < -0.39 is 16.7 Å². The van der Waals surface area contributed by atoms with Crippen LogP contribution >= 0.6 is 27.5 Å². The van der Waals surface area contributed by atoms with Crippen LogP contribution in [0.1, 0.15) is 11.4 Å². The van der Waals surface area contributed by atoms with E-state index in [-0.39, 0.29) is 10.9 Å². The van der Waals surface area contributed by atoms with Gasteiger partial charge in [0.15, 0.2) is 0 Å².